The Kier molecular flexibility index (Phi) is 15.1. The minimum atomic E-state index is -1.22. The van der Waals surface area contributed by atoms with Crippen LogP contribution in [0.4, 0.5) is 0 Å². The Morgan fingerprint density at radius 2 is 0.304 bits per heavy atom. The first-order valence-electron chi connectivity index (χ1n) is 19.4. The van der Waals surface area contributed by atoms with Gasteiger partial charge in [0, 0.05) is 0 Å². The first-order chi connectivity index (χ1) is 26.8. The molecule has 8 aromatic rings. The Morgan fingerprint density at radius 3 is 0.393 bits per heavy atom. The third kappa shape index (κ3) is 9.80. The zero-order chi connectivity index (χ0) is 38.4. The van der Waals surface area contributed by atoms with Gasteiger partial charge in [0.25, 0.3) is 0 Å². The monoisotopic (exact) mass is 735 g/mol. The van der Waals surface area contributed by atoms with Gasteiger partial charge in [-0.1, -0.05) is 243 Å². The summed E-state index contributed by atoms with van der Waals surface area (Å²) in [5.41, 5.74) is 10.7. The quantitative estimate of drug-likeness (QED) is 0.166. The summed E-state index contributed by atoms with van der Waals surface area (Å²) in [7, 11) is 8.50. The molecule has 8 rings (SSSR count). The number of rotatable bonds is 8. The van der Waals surface area contributed by atoms with Gasteiger partial charge in [-0.3, -0.25) is 0 Å². The molecule has 0 atom stereocenters. The molecule has 0 aliphatic carbocycles. The molecule has 0 saturated carbocycles. The van der Waals surface area contributed by atoms with E-state index in [9.17, 15) is 0 Å². The summed E-state index contributed by atoms with van der Waals surface area (Å²) in [5.74, 6) is 0. The van der Waals surface area contributed by atoms with Crippen molar-refractivity contribution in [3.05, 3.63) is 243 Å². The molecular weight excluding hydrogens is 683 g/mol. The summed E-state index contributed by atoms with van der Waals surface area (Å²) < 4.78 is 1.00. The summed E-state index contributed by atoms with van der Waals surface area (Å²) in [6.45, 7) is 0. The molecule has 0 saturated heterocycles. The average Bonchev–Trinajstić information content (AvgIpc) is 3.24. The fourth-order valence-electron chi connectivity index (χ4n) is 8.24. The Hall–Kier alpha value is -5.15. The van der Waals surface area contributed by atoms with Crippen molar-refractivity contribution in [1.29, 1.82) is 0 Å². The Morgan fingerprint density at radius 1 is 0.214 bits per heavy atom. The fraction of sp³-hybridized carbons (Fsp3) is 0.0769. The molecule has 0 aromatic heterocycles. The molecular formula is C52H52B2NNa. The normalized spacial score (nSPS) is 11.1. The topological polar surface area (TPSA) is 0 Å². The van der Waals surface area contributed by atoms with Gasteiger partial charge in [-0.15, -0.1) is 0 Å². The molecule has 0 fully saturated rings. The average molecular weight is 736 g/mol. The summed E-state index contributed by atoms with van der Waals surface area (Å²) >= 11 is 0. The molecule has 0 heterocycles. The van der Waals surface area contributed by atoms with Crippen molar-refractivity contribution < 1.29 is 34.0 Å². The van der Waals surface area contributed by atoms with E-state index in [0.717, 1.165) is 4.48 Å². The maximum absolute atomic E-state index is 2.26. The van der Waals surface area contributed by atoms with Gasteiger partial charge < -0.3 is 4.48 Å². The Bertz CT molecular complexity index is 1770. The van der Waals surface area contributed by atoms with E-state index in [1.807, 2.05) is 0 Å². The van der Waals surface area contributed by atoms with Crippen molar-refractivity contribution in [2.75, 3.05) is 28.2 Å². The van der Waals surface area contributed by atoms with Gasteiger partial charge in [0.05, 0.1) is 28.2 Å². The predicted molar refractivity (Wildman–Crippen MR) is 244 cm³/mol. The van der Waals surface area contributed by atoms with Crippen LogP contribution in [0.2, 0.25) is 0 Å². The van der Waals surface area contributed by atoms with Crippen LogP contribution >= 0.6 is 0 Å². The van der Waals surface area contributed by atoms with Crippen molar-refractivity contribution >= 4 is 56.0 Å². The van der Waals surface area contributed by atoms with Gasteiger partial charge in [0.15, 0.2) is 0 Å². The number of quaternary nitrogens is 1. The summed E-state index contributed by atoms with van der Waals surface area (Å²) in [4.78, 5) is 0. The van der Waals surface area contributed by atoms with Crippen molar-refractivity contribution in [2.45, 2.75) is 0 Å². The number of hydrogen-bond donors (Lipinski definition) is 0. The zero-order valence-corrected chi connectivity index (χ0v) is 35.7. The van der Waals surface area contributed by atoms with Crippen LogP contribution in [0.3, 0.4) is 0 Å². The molecule has 4 heteroatoms. The van der Waals surface area contributed by atoms with E-state index in [2.05, 4.69) is 271 Å². The van der Waals surface area contributed by atoms with Crippen molar-refractivity contribution in [1.82, 2.24) is 0 Å². The second kappa shape index (κ2) is 20.1. The smallest absolute Gasteiger partial charge is 0.333 e. The van der Waals surface area contributed by atoms with E-state index in [1.165, 1.54) is 43.7 Å². The molecule has 0 N–H and O–H groups in total. The maximum Gasteiger partial charge on any atom is 1.00 e. The van der Waals surface area contributed by atoms with Gasteiger partial charge in [-0.25, -0.2) is 0 Å². The summed E-state index contributed by atoms with van der Waals surface area (Å²) in [6.07, 6.45) is -2.43. The third-order valence-electron chi connectivity index (χ3n) is 10.4. The van der Waals surface area contributed by atoms with Gasteiger partial charge >= 0.3 is 29.6 Å². The molecule has 0 aliphatic rings. The Labute approximate surface area is 358 Å². The van der Waals surface area contributed by atoms with Gasteiger partial charge in [-0.05, 0) is 0 Å². The molecule has 0 bridgehead atoms. The minimum Gasteiger partial charge on any atom is -0.333 e. The summed E-state index contributed by atoms with van der Waals surface area (Å²) in [5, 5.41) is 0. The van der Waals surface area contributed by atoms with Crippen LogP contribution in [0.25, 0.3) is 0 Å². The molecule has 0 amide bonds. The van der Waals surface area contributed by atoms with Gasteiger partial charge in [0.2, 0.25) is 0 Å². The molecule has 0 unspecified atom stereocenters. The molecule has 1 nitrogen and oxygen atoms in total. The van der Waals surface area contributed by atoms with Crippen LogP contribution in [-0.4, -0.2) is 45.0 Å². The number of benzene rings is 8. The van der Waals surface area contributed by atoms with Crippen molar-refractivity contribution in [2.24, 2.45) is 0 Å². The van der Waals surface area contributed by atoms with E-state index in [0.29, 0.717) is 0 Å². The second-order valence-electron chi connectivity index (χ2n) is 15.7. The molecule has 272 valence electrons. The van der Waals surface area contributed by atoms with Crippen molar-refractivity contribution in [3.63, 3.8) is 0 Å². The largest absolute Gasteiger partial charge is 1.00 e. The van der Waals surface area contributed by atoms with Crippen LogP contribution < -0.4 is 73.3 Å². The van der Waals surface area contributed by atoms with Gasteiger partial charge in [-0.2, -0.15) is 43.7 Å². The van der Waals surface area contributed by atoms with Crippen LogP contribution in [-0.2, 0) is 0 Å². The standard InChI is InChI=1S/2C24H20B.C4H12N.Na/c2*1-5-13-21(14-6-1)25(22-15-7-2-8-16-22,23-17-9-3-10-18-23)24-19-11-4-12-20-24;1-5(2,3)4;/h2*1-20H;1-4H3;/q2*-1;2*+1. The van der Waals surface area contributed by atoms with Crippen molar-refractivity contribution in [3.8, 4) is 0 Å². The van der Waals surface area contributed by atoms with Crippen LogP contribution in [0.5, 0.6) is 0 Å². The number of hydrogen-bond acceptors (Lipinski definition) is 0. The molecule has 0 radical (unpaired) electrons. The van der Waals surface area contributed by atoms with E-state index in [1.54, 1.807) is 0 Å². The van der Waals surface area contributed by atoms with E-state index < -0.39 is 12.3 Å². The Balaban J connectivity index is 0.000000188. The fourth-order valence-corrected chi connectivity index (χ4v) is 8.24. The molecule has 0 spiro atoms. The minimum absolute atomic E-state index is 0. The number of nitrogens with zero attached hydrogens (tertiary/aromatic N) is 1. The zero-order valence-electron chi connectivity index (χ0n) is 33.7. The molecule has 56 heavy (non-hydrogen) atoms. The molecule has 8 aromatic carbocycles. The first kappa shape index (κ1) is 42.0. The van der Waals surface area contributed by atoms with E-state index in [4.69, 9.17) is 0 Å². The second-order valence-corrected chi connectivity index (χ2v) is 15.7. The third-order valence-corrected chi connectivity index (χ3v) is 10.4. The maximum atomic E-state index is 2.26. The van der Waals surface area contributed by atoms with Gasteiger partial charge in [0.1, 0.15) is 12.3 Å². The van der Waals surface area contributed by atoms with E-state index in [-0.39, 0.29) is 29.6 Å². The summed E-state index contributed by atoms with van der Waals surface area (Å²) in [6, 6.07) is 87.1. The van der Waals surface area contributed by atoms with Crippen LogP contribution in [0.1, 0.15) is 0 Å². The SMILES string of the molecule is C[N+](C)(C)C.[Na+].c1ccc([B-](c2ccccc2)(c2ccccc2)c2ccccc2)cc1.c1ccc([B-](c2ccccc2)(c2ccccc2)c2ccccc2)cc1. The predicted octanol–water partition coefficient (Wildman–Crippen LogP) is 3.45. The van der Waals surface area contributed by atoms with Crippen LogP contribution in [0, 0.1) is 0 Å². The van der Waals surface area contributed by atoms with Crippen LogP contribution in [0.15, 0.2) is 243 Å². The molecule has 0 aliphatic heterocycles. The first-order valence-corrected chi connectivity index (χ1v) is 19.4. The van der Waals surface area contributed by atoms with E-state index >= 15 is 0 Å².